The Kier molecular flexibility index (Phi) is 7.79. The number of aromatic nitrogens is 1. The summed E-state index contributed by atoms with van der Waals surface area (Å²) in [6.07, 6.45) is -3.86. The van der Waals surface area contributed by atoms with Gasteiger partial charge in [-0.1, -0.05) is 6.07 Å². The van der Waals surface area contributed by atoms with E-state index in [4.69, 9.17) is 4.74 Å². The molecule has 2 aliphatic rings. The van der Waals surface area contributed by atoms with Crippen LogP contribution in [0.3, 0.4) is 0 Å². The molecule has 1 aromatic carbocycles. The Balaban J connectivity index is 1.45. The first kappa shape index (κ1) is 26.6. The van der Waals surface area contributed by atoms with E-state index in [0.717, 1.165) is 21.4 Å². The van der Waals surface area contributed by atoms with E-state index >= 15 is 8.78 Å². The molecule has 4 rings (SSSR count). The second-order valence-electron chi connectivity index (χ2n) is 8.06. The van der Waals surface area contributed by atoms with Crippen molar-refractivity contribution in [3.63, 3.8) is 0 Å². The number of halogens is 4. The molecule has 2 amide bonds. The maximum absolute atomic E-state index is 15.1. The van der Waals surface area contributed by atoms with Gasteiger partial charge in [-0.25, -0.2) is 32.4 Å². The number of anilines is 2. The second-order valence-corrected chi connectivity index (χ2v) is 9.87. The predicted octanol–water partition coefficient (Wildman–Crippen LogP) is 1.08. The van der Waals surface area contributed by atoms with Crippen LogP contribution in [0.5, 0.6) is 0 Å². The number of nitrogens with zero attached hydrogens (tertiary/aromatic N) is 4. The maximum atomic E-state index is 15.1. The number of benzene rings is 1. The average Bonchev–Trinajstić information content (AvgIpc) is 3.06. The van der Waals surface area contributed by atoms with Gasteiger partial charge in [-0.2, -0.15) is 8.78 Å². The van der Waals surface area contributed by atoms with Crippen molar-refractivity contribution in [1.29, 1.82) is 0 Å². The van der Waals surface area contributed by atoms with Gasteiger partial charge in [-0.3, -0.25) is 9.69 Å². The van der Waals surface area contributed by atoms with Crippen LogP contribution in [0.25, 0.3) is 0 Å². The second kappa shape index (κ2) is 10.9. The minimum Gasteiger partial charge on any atom is -0.442 e. The van der Waals surface area contributed by atoms with Crippen molar-refractivity contribution in [3.05, 3.63) is 48.2 Å². The molecule has 16 heteroatoms. The van der Waals surface area contributed by atoms with Crippen molar-refractivity contribution in [2.75, 3.05) is 49.1 Å². The van der Waals surface area contributed by atoms with Gasteiger partial charge in [0.05, 0.1) is 18.8 Å². The molecule has 0 spiro atoms. The highest BCUT2D eigenvalue weighted by Crippen LogP contribution is 2.31. The van der Waals surface area contributed by atoms with Crippen molar-refractivity contribution >= 4 is 33.4 Å². The number of hydrogen-bond donors (Lipinski definition) is 2. The van der Waals surface area contributed by atoms with Crippen LogP contribution in [0.2, 0.25) is 0 Å². The molecule has 2 aromatic rings. The Morgan fingerprint density at radius 3 is 2.57 bits per heavy atom. The van der Waals surface area contributed by atoms with Gasteiger partial charge in [0.1, 0.15) is 11.8 Å². The lowest BCUT2D eigenvalue weighted by molar-refractivity contribution is -0.132. The highest BCUT2D eigenvalue weighted by Gasteiger charge is 2.35. The van der Waals surface area contributed by atoms with Crippen molar-refractivity contribution in [2.45, 2.75) is 17.6 Å². The first-order valence-electron chi connectivity index (χ1n) is 11.0. The SMILES string of the molecule is O=C(NCC1CN(c2cc(F)c(N3CCNN(S(=O)(=O)c4ccccn4)CC3)c(F)c2)C(=O)O1)C(F)F. The summed E-state index contributed by atoms with van der Waals surface area (Å²) in [4.78, 5) is 29.3. The van der Waals surface area contributed by atoms with Gasteiger partial charge in [0.25, 0.3) is 15.9 Å². The smallest absolute Gasteiger partial charge is 0.414 e. The molecule has 0 bridgehead atoms. The summed E-state index contributed by atoms with van der Waals surface area (Å²) in [5, 5.41) is 1.74. The number of carbonyl (C=O) groups is 2. The van der Waals surface area contributed by atoms with Crippen LogP contribution in [-0.4, -0.2) is 81.6 Å². The van der Waals surface area contributed by atoms with Gasteiger partial charge in [-0.15, -0.1) is 4.41 Å². The van der Waals surface area contributed by atoms with E-state index in [0.29, 0.717) is 0 Å². The molecule has 1 aromatic heterocycles. The summed E-state index contributed by atoms with van der Waals surface area (Å²) in [6, 6.07) is 6.26. The Hall–Kier alpha value is -3.50. The van der Waals surface area contributed by atoms with E-state index in [2.05, 4.69) is 10.4 Å². The Morgan fingerprint density at radius 2 is 1.92 bits per heavy atom. The van der Waals surface area contributed by atoms with Gasteiger partial charge in [0.2, 0.25) is 0 Å². The standard InChI is InChI=1S/C21H22F4N6O5S/c22-15-9-13(30-12-14(36-21(30)33)11-27-20(32)19(24)25)10-16(23)18(15)29-6-5-28-31(8-7-29)37(34,35)17-3-1-2-4-26-17/h1-4,9-10,14,19,28H,5-8,11-12H2,(H,27,32). The molecule has 11 nitrogen and oxygen atoms in total. The number of carbonyl (C=O) groups excluding carboxylic acids is 2. The lowest BCUT2D eigenvalue weighted by atomic mass is 10.2. The normalized spacial score (nSPS) is 19.2. The third-order valence-electron chi connectivity index (χ3n) is 5.64. The topological polar surface area (TPSA) is 124 Å². The first-order valence-corrected chi connectivity index (χ1v) is 12.5. The van der Waals surface area contributed by atoms with E-state index in [9.17, 15) is 26.8 Å². The number of ether oxygens (including phenoxy) is 1. The number of sulfonamides is 1. The fourth-order valence-corrected chi connectivity index (χ4v) is 5.15. The zero-order valence-electron chi connectivity index (χ0n) is 19.1. The van der Waals surface area contributed by atoms with Crippen LogP contribution >= 0.6 is 0 Å². The Morgan fingerprint density at radius 1 is 1.19 bits per heavy atom. The fourth-order valence-electron chi connectivity index (χ4n) is 3.89. The molecule has 2 aliphatic heterocycles. The highest BCUT2D eigenvalue weighted by atomic mass is 32.2. The number of hydrogen-bond acceptors (Lipinski definition) is 8. The number of amides is 2. The Bertz CT molecular complexity index is 1250. The van der Waals surface area contributed by atoms with E-state index < -0.39 is 58.4 Å². The number of hydrazine groups is 1. The van der Waals surface area contributed by atoms with Gasteiger partial charge in [0, 0.05) is 44.5 Å². The molecule has 37 heavy (non-hydrogen) atoms. The third kappa shape index (κ3) is 5.75. The summed E-state index contributed by atoms with van der Waals surface area (Å²) >= 11 is 0. The number of alkyl halides is 2. The van der Waals surface area contributed by atoms with E-state index in [1.807, 2.05) is 5.32 Å². The first-order chi connectivity index (χ1) is 17.6. The van der Waals surface area contributed by atoms with Crippen LogP contribution in [0.1, 0.15) is 0 Å². The molecule has 1 atom stereocenters. The van der Waals surface area contributed by atoms with E-state index in [1.54, 1.807) is 6.07 Å². The quantitative estimate of drug-likeness (QED) is 0.495. The highest BCUT2D eigenvalue weighted by molar-refractivity contribution is 7.89. The minimum absolute atomic E-state index is 0.0517. The summed E-state index contributed by atoms with van der Waals surface area (Å²) < 4.78 is 86.4. The van der Waals surface area contributed by atoms with Crippen molar-refractivity contribution < 1.29 is 40.3 Å². The maximum Gasteiger partial charge on any atom is 0.414 e. The summed E-state index contributed by atoms with van der Waals surface area (Å²) in [5.41, 5.74) is 2.15. The number of nitrogens with one attached hydrogen (secondary N) is 2. The molecule has 0 radical (unpaired) electrons. The summed E-state index contributed by atoms with van der Waals surface area (Å²) in [5.74, 6) is -3.54. The lowest BCUT2D eigenvalue weighted by Crippen LogP contribution is -2.43. The van der Waals surface area contributed by atoms with Gasteiger partial charge in [-0.05, 0) is 12.1 Å². The van der Waals surface area contributed by atoms with Crippen LogP contribution < -0.4 is 20.5 Å². The van der Waals surface area contributed by atoms with Crippen LogP contribution in [0.4, 0.5) is 33.7 Å². The molecule has 3 heterocycles. The van der Waals surface area contributed by atoms with Gasteiger partial charge < -0.3 is 15.0 Å². The molecular formula is C21H22F4N6O5S. The van der Waals surface area contributed by atoms with Crippen molar-refractivity contribution in [1.82, 2.24) is 20.1 Å². The Labute approximate surface area is 209 Å². The predicted molar refractivity (Wildman–Crippen MR) is 121 cm³/mol. The fraction of sp³-hybridized carbons (Fsp3) is 0.381. The van der Waals surface area contributed by atoms with Crippen molar-refractivity contribution in [3.8, 4) is 0 Å². The number of rotatable bonds is 7. The summed E-state index contributed by atoms with van der Waals surface area (Å²) in [6.45, 7) is -0.689. The van der Waals surface area contributed by atoms with Gasteiger partial charge >= 0.3 is 12.5 Å². The van der Waals surface area contributed by atoms with Crippen LogP contribution in [0.15, 0.2) is 41.6 Å². The van der Waals surface area contributed by atoms with Crippen LogP contribution in [-0.2, 0) is 19.6 Å². The van der Waals surface area contributed by atoms with Gasteiger partial charge in [0.15, 0.2) is 16.7 Å². The third-order valence-corrected chi connectivity index (χ3v) is 7.30. The molecule has 2 fully saturated rings. The molecule has 0 aliphatic carbocycles. The van der Waals surface area contributed by atoms with E-state index in [1.165, 1.54) is 23.2 Å². The molecule has 200 valence electrons. The largest absolute Gasteiger partial charge is 0.442 e. The molecule has 2 N–H and O–H groups in total. The molecule has 1 unspecified atom stereocenters. The lowest BCUT2D eigenvalue weighted by Gasteiger charge is -2.25. The number of pyridine rings is 1. The minimum atomic E-state index is -3.98. The van der Waals surface area contributed by atoms with Crippen molar-refractivity contribution in [2.24, 2.45) is 0 Å². The zero-order valence-corrected chi connectivity index (χ0v) is 19.9. The average molecular weight is 547 g/mol. The molecule has 0 saturated carbocycles. The molecular weight excluding hydrogens is 524 g/mol. The summed E-state index contributed by atoms with van der Waals surface area (Å²) in [7, 11) is -3.98. The van der Waals surface area contributed by atoms with Crippen LogP contribution in [0, 0.1) is 11.6 Å². The monoisotopic (exact) mass is 546 g/mol. The zero-order chi connectivity index (χ0) is 26.7. The molecule has 2 saturated heterocycles. The number of cyclic esters (lactones) is 1. The van der Waals surface area contributed by atoms with E-state index in [-0.39, 0.29) is 43.4 Å².